The van der Waals surface area contributed by atoms with Gasteiger partial charge in [0, 0.05) is 18.1 Å². The molecule has 24 heavy (non-hydrogen) atoms. The summed E-state index contributed by atoms with van der Waals surface area (Å²) >= 11 is 0. The van der Waals surface area contributed by atoms with E-state index in [2.05, 4.69) is 10.6 Å². The summed E-state index contributed by atoms with van der Waals surface area (Å²) in [4.78, 5) is 12.7. The van der Waals surface area contributed by atoms with Gasteiger partial charge in [-0.25, -0.2) is 4.39 Å². The number of hydrogen-bond acceptors (Lipinski definition) is 4. The number of halogens is 1. The number of piperidine rings is 1. The summed E-state index contributed by atoms with van der Waals surface area (Å²) in [5.41, 5.74) is 0.994. The first-order valence-corrected chi connectivity index (χ1v) is 8.21. The fourth-order valence-corrected chi connectivity index (χ4v) is 3.38. The Kier molecular flexibility index (Phi) is 4.87. The van der Waals surface area contributed by atoms with Gasteiger partial charge in [0.2, 0.25) is 5.91 Å². The van der Waals surface area contributed by atoms with Crippen molar-refractivity contribution in [1.82, 2.24) is 10.6 Å². The number of furan rings is 1. The van der Waals surface area contributed by atoms with Gasteiger partial charge in [0.05, 0.1) is 18.6 Å². The number of amides is 1. The zero-order valence-corrected chi connectivity index (χ0v) is 14.1. The smallest absolute Gasteiger partial charge is 0.229 e. The normalized spacial score (nSPS) is 17.1. The van der Waals surface area contributed by atoms with Crippen LogP contribution in [0.1, 0.15) is 24.2 Å². The first kappa shape index (κ1) is 16.9. The lowest BCUT2D eigenvalue weighted by Crippen LogP contribution is -2.49. The molecule has 0 aliphatic carbocycles. The molecule has 1 aliphatic rings. The quantitative estimate of drug-likeness (QED) is 0.882. The van der Waals surface area contributed by atoms with E-state index in [-0.39, 0.29) is 11.7 Å². The SMILES string of the molecule is COCC1(C(=O)NCc2oc3ccc(F)cc3c2C)CCNCC1. The summed E-state index contributed by atoms with van der Waals surface area (Å²) in [6.45, 7) is 4.19. The number of ether oxygens (including phenoxy) is 1. The second-order valence-corrected chi connectivity index (χ2v) is 6.44. The molecule has 130 valence electrons. The standard InChI is InChI=1S/C18H23FN2O3/c1-12-14-9-13(19)3-4-15(14)24-16(12)10-21-17(22)18(11-23-2)5-7-20-8-6-18/h3-4,9,20H,5-8,10-11H2,1-2H3,(H,21,22). The summed E-state index contributed by atoms with van der Waals surface area (Å²) in [5.74, 6) is 0.345. The van der Waals surface area contributed by atoms with Gasteiger partial charge in [-0.15, -0.1) is 0 Å². The lowest BCUT2D eigenvalue weighted by molar-refractivity contribution is -0.136. The molecule has 1 amide bonds. The second kappa shape index (κ2) is 6.91. The van der Waals surface area contributed by atoms with E-state index in [1.54, 1.807) is 13.2 Å². The number of methoxy groups -OCH3 is 1. The average molecular weight is 334 g/mol. The molecule has 2 heterocycles. The van der Waals surface area contributed by atoms with Crippen molar-refractivity contribution in [3.8, 4) is 0 Å². The summed E-state index contributed by atoms with van der Waals surface area (Å²) < 4.78 is 24.4. The van der Waals surface area contributed by atoms with Crippen LogP contribution in [0.4, 0.5) is 4.39 Å². The predicted octanol–water partition coefficient (Wildman–Crippen LogP) is 2.51. The topological polar surface area (TPSA) is 63.5 Å². The number of carbonyl (C=O) groups excluding carboxylic acids is 1. The second-order valence-electron chi connectivity index (χ2n) is 6.44. The van der Waals surface area contributed by atoms with Crippen LogP contribution in [-0.4, -0.2) is 32.7 Å². The number of carbonyl (C=O) groups is 1. The molecule has 0 unspecified atom stereocenters. The van der Waals surface area contributed by atoms with Crippen LogP contribution in [0.3, 0.4) is 0 Å². The zero-order valence-electron chi connectivity index (χ0n) is 14.1. The van der Waals surface area contributed by atoms with Crippen molar-refractivity contribution in [1.29, 1.82) is 0 Å². The Balaban J connectivity index is 1.74. The molecule has 3 rings (SSSR count). The molecule has 6 heteroatoms. The van der Waals surface area contributed by atoms with Crippen LogP contribution in [0.25, 0.3) is 11.0 Å². The van der Waals surface area contributed by atoms with Gasteiger partial charge in [0.25, 0.3) is 0 Å². The fourth-order valence-electron chi connectivity index (χ4n) is 3.38. The molecule has 1 saturated heterocycles. The van der Waals surface area contributed by atoms with Crippen molar-refractivity contribution < 1.29 is 18.3 Å². The van der Waals surface area contributed by atoms with E-state index in [9.17, 15) is 9.18 Å². The number of benzene rings is 1. The molecule has 1 fully saturated rings. The Hall–Kier alpha value is -1.92. The first-order chi connectivity index (χ1) is 11.6. The molecule has 5 nitrogen and oxygen atoms in total. The molecule has 1 aliphatic heterocycles. The molecule has 1 aromatic heterocycles. The molecule has 2 N–H and O–H groups in total. The largest absolute Gasteiger partial charge is 0.459 e. The average Bonchev–Trinajstić information content (AvgIpc) is 2.89. The Morgan fingerprint density at radius 2 is 2.17 bits per heavy atom. The van der Waals surface area contributed by atoms with Gasteiger partial charge in [0.1, 0.15) is 17.2 Å². The first-order valence-electron chi connectivity index (χ1n) is 8.21. The molecular formula is C18H23FN2O3. The zero-order chi connectivity index (χ0) is 17.2. The highest BCUT2D eigenvalue weighted by Gasteiger charge is 2.39. The maximum absolute atomic E-state index is 13.4. The van der Waals surface area contributed by atoms with Crippen LogP contribution in [0.2, 0.25) is 0 Å². The molecule has 0 bridgehead atoms. The molecule has 1 aromatic carbocycles. The van der Waals surface area contributed by atoms with E-state index in [0.717, 1.165) is 36.9 Å². The van der Waals surface area contributed by atoms with E-state index in [1.165, 1.54) is 12.1 Å². The third kappa shape index (κ3) is 3.16. The van der Waals surface area contributed by atoms with Crippen LogP contribution in [0.5, 0.6) is 0 Å². The van der Waals surface area contributed by atoms with Crippen LogP contribution in [0, 0.1) is 18.2 Å². The van der Waals surface area contributed by atoms with Gasteiger partial charge < -0.3 is 19.8 Å². The Morgan fingerprint density at radius 3 is 2.88 bits per heavy atom. The number of hydrogen-bond donors (Lipinski definition) is 2. The van der Waals surface area contributed by atoms with Crippen molar-refractivity contribution >= 4 is 16.9 Å². The van der Waals surface area contributed by atoms with E-state index >= 15 is 0 Å². The summed E-state index contributed by atoms with van der Waals surface area (Å²) in [6.07, 6.45) is 1.49. The third-order valence-corrected chi connectivity index (χ3v) is 4.87. The summed E-state index contributed by atoms with van der Waals surface area (Å²) in [6, 6.07) is 4.44. The highest BCUT2D eigenvalue weighted by atomic mass is 19.1. The lowest BCUT2D eigenvalue weighted by atomic mass is 9.78. The molecule has 0 spiro atoms. The highest BCUT2D eigenvalue weighted by Crippen LogP contribution is 2.30. The van der Waals surface area contributed by atoms with Crippen molar-refractivity contribution in [3.05, 3.63) is 35.3 Å². The van der Waals surface area contributed by atoms with Gasteiger partial charge in [-0.2, -0.15) is 0 Å². The minimum atomic E-state index is -0.494. The molecular weight excluding hydrogens is 311 g/mol. The number of aryl methyl sites for hydroxylation is 1. The minimum absolute atomic E-state index is 0.0168. The van der Waals surface area contributed by atoms with E-state index in [0.29, 0.717) is 24.5 Å². The van der Waals surface area contributed by atoms with Crippen LogP contribution < -0.4 is 10.6 Å². The van der Waals surface area contributed by atoms with Gasteiger partial charge in [-0.1, -0.05) is 0 Å². The molecule has 0 saturated carbocycles. The van der Waals surface area contributed by atoms with Crippen molar-refractivity contribution in [3.63, 3.8) is 0 Å². The highest BCUT2D eigenvalue weighted by molar-refractivity contribution is 5.84. The lowest BCUT2D eigenvalue weighted by Gasteiger charge is -2.35. The van der Waals surface area contributed by atoms with Gasteiger partial charge in [-0.3, -0.25) is 4.79 Å². The summed E-state index contributed by atoms with van der Waals surface area (Å²) in [5, 5.41) is 6.99. The number of rotatable bonds is 5. The number of fused-ring (bicyclic) bond motifs is 1. The van der Waals surface area contributed by atoms with Crippen molar-refractivity contribution in [2.45, 2.75) is 26.3 Å². The van der Waals surface area contributed by atoms with Gasteiger partial charge >= 0.3 is 0 Å². The van der Waals surface area contributed by atoms with E-state index < -0.39 is 5.41 Å². The Morgan fingerprint density at radius 1 is 1.42 bits per heavy atom. The molecule has 0 radical (unpaired) electrons. The van der Waals surface area contributed by atoms with E-state index in [4.69, 9.17) is 9.15 Å². The minimum Gasteiger partial charge on any atom is -0.459 e. The molecule has 2 aromatic rings. The fraction of sp³-hybridized carbons (Fsp3) is 0.500. The Labute approximate surface area is 140 Å². The maximum atomic E-state index is 13.4. The van der Waals surface area contributed by atoms with E-state index in [1.807, 2.05) is 6.92 Å². The van der Waals surface area contributed by atoms with Crippen molar-refractivity contribution in [2.24, 2.45) is 5.41 Å². The van der Waals surface area contributed by atoms with Gasteiger partial charge in [0.15, 0.2) is 0 Å². The van der Waals surface area contributed by atoms with Crippen molar-refractivity contribution in [2.75, 3.05) is 26.8 Å². The monoisotopic (exact) mass is 334 g/mol. The third-order valence-electron chi connectivity index (χ3n) is 4.87. The summed E-state index contributed by atoms with van der Waals surface area (Å²) in [7, 11) is 1.62. The van der Waals surface area contributed by atoms with Crippen LogP contribution in [0.15, 0.2) is 22.6 Å². The maximum Gasteiger partial charge on any atom is 0.229 e. The van der Waals surface area contributed by atoms with Gasteiger partial charge in [-0.05, 0) is 51.1 Å². The predicted molar refractivity (Wildman–Crippen MR) is 89.2 cm³/mol. The van der Waals surface area contributed by atoms with Crippen LogP contribution in [-0.2, 0) is 16.1 Å². The van der Waals surface area contributed by atoms with Crippen LogP contribution >= 0.6 is 0 Å². The number of nitrogens with one attached hydrogen (secondary N) is 2. The molecule has 0 atom stereocenters. The Bertz CT molecular complexity index is 730.